The first-order chi connectivity index (χ1) is 12.7. The Kier molecular flexibility index (Phi) is 6.32. The maximum atomic E-state index is 12.8. The summed E-state index contributed by atoms with van der Waals surface area (Å²) in [4.78, 5) is 12.8. The number of nitrogens with zero attached hydrogens (tertiary/aromatic N) is 1. The minimum atomic E-state index is -3.76. The average Bonchev–Trinajstić information content (AvgIpc) is 2.61. The lowest BCUT2D eigenvalue weighted by Gasteiger charge is -2.29. The summed E-state index contributed by atoms with van der Waals surface area (Å²) < 4.78 is 36.6. The lowest BCUT2D eigenvalue weighted by Crippen LogP contribution is -2.45. The standard InChI is InChI=1S/C19H24N2O5S/c1-13-10-11-18(26-4)16(12-13)21(27(5,23)24)14(2)19(22)20-15-8-6-7-9-17(15)25-3/h6-12,14H,1-5H3,(H,20,22)/t14-/m1/s1. The van der Waals surface area contributed by atoms with Gasteiger partial charge in [0.2, 0.25) is 15.9 Å². The summed E-state index contributed by atoms with van der Waals surface area (Å²) in [6.45, 7) is 3.36. The third-order valence-electron chi connectivity index (χ3n) is 4.03. The van der Waals surface area contributed by atoms with E-state index >= 15 is 0 Å². The van der Waals surface area contributed by atoms with Crippen LogP contribution in [0.2, 0.25) is 0 Å². The zero-order valence-corrected chi connectivity index (χ0v) is 16.8. The van der Waals surface area contributed by atoms with Crippen molar-refractivity contribution in [2.75, 3.05) is 30.1 Å². The third kappa shape index (κ3) is 4.71. The van der Waals surface area contributed by atoms with Gasteiger partial charge in [-0.15, -0.1) is 0 Å². The van der Waals surface area contributed by atoms with Crippen LogP contribution < -0.4 is 19.1 Å². The molecule has 8 heteroatoms. The van der Waals surface area contributed by atoms with Gasteiger partial charge in [-0.05, 0) is 43.7 Å². The van der Waals surface area contributed by atoms with Gasteiger partial charge in [0.1, 0.15) is 17.5 Å². The van der Waals surface area contributed by atoms with Crippen LogP contribution in [0, 0.1) is 6.92 Å². The average molecular weight is 392 g/mol. The summed E-state index contributed by atoms with van der Waals surface area (Å²) in [5.74, 6) is 0.355. The molecule has 0 spiro atoms. The van der Waals surface area contributed by atoms with Crippen molar-refractivity contribution >= 4 is 27.3 Å². The van der Waals surface area contributed by atoms with E-state index < -0.39 is 22.0 Å². The fourth-order valence-corrected chi connectivity index (χ4v) is 3.91. The lowest BCUT2D eigenvalue weighted by atomic mass is 10.2. The van der Waals surface area contributed by atoms with Gasteiger partial charge in [-0.25, -0.2) is 8.42 Å². The number of amides is 1. The van der Waals surface area contributed by atoms with Crippen LogP contribution in [0.25, 0.3) is 0 Å². The number of sulfonamides is 1. The minimum Gasteiger partial charge on any atom is -0.495 e. The van der Waals surface area contributed by atoms with Gasteiger partial charge in [-0.1, -0.05) is 18.2 Å². The smallest absolute Gasteiger partial charge is 0.248 e. The van der Waals surface area contributed by atoms with Gasteiger partial charge in [-0.2, -0.15) is 0 Å². The normalized spacial score (nSPS) is 12.2. The van der Waals surface area contributed by atoms with Gasteiger partial charge in [-0.3, -0.25) is 9.10 Å². The maximum Gasteiger partial charge on any atom is 0.248 e. The van der Waals surface area contributed by atoms with Gasteiger partial charge >= 0.3 is 0 Å². The summed E-state index contributed by atoms with van der Waals surface area (Å²) in [6.07, 6.45) is 1.06. The number of carbonyl (C=O) groups is 1. The van der Waals surface area contributed by atoms with Gasteiger partial charge in [0, 0.05) is 0 Å². The number of aryl methyl sites for hydroxylation is 1. The van der Waals surface area contributed by atoms with Crippen molar-refractivity contribution in [1.29, 1.82) is 0 Å². The van der Waals surface area contributed by atoms with Crippen molar-refractivity contribution in [3.63, 3.8) is 0 Å². The Morgan fingerprint density at radius 1 is 1.07 bits per heavy atom. The number of hydrogen-bond donors (Lipinski definition) is 1. The molecule has 0 aliphatic rings. The van der Waals surface area contributed by atoms with Crippen LogP contribution in [0.4, 0.5) is 11.4 Å². The number of para-hydroxylation sites is 2. The zero-order chi connectivity index (χ0) is 20.2. The van der Waals surface area contributed by atoms with E-state index in [1.165, 1.54) is 21.1 Å². The van der Waals surface area contributed by atoms with Gasteiger partial charge in [0.25, 0.3) is 0 Å². The van der Waals surface area contributed by atoms with Crippen molar-refractivity contribution in [2.45, 2.75) is 19.9 Å². The molecule has 146 valence electrons. The Labute approximate surface area is 160 Å². The van der Waals surface area contributed by atoms with E-state index in [9.17, 15) is 13.2 Å². The molecule has 7 nitrogen and oxygen atoms in total. The minimum absolute atomic E-state index is 0.308. The Hall–Kier alpha value is -2.74. The van der Waals surface area contributed by atoms with E-state index in [0.29, 0.717) is 22.9 Å². The highest BCUT2D eigenvalue weighted by molar-refractivity contribution is 7.92. The molecule has 0 fully saturated rings. The number of anilines is 2. The molecule has 0 aliphatic carbocycles. The van der Waals surface area contributed by atoms with Crippen LogP contribution in [0.5, 0.6) is 11.5 Å². The molecule has 0 heterocycles. The molecule has 1 atom stereocenters. The summed E-state index contributed by atoms with van der Waals surface area (Å²) >= 11 is 0. The molecule has 1 N–H and O–H groups in total. The molecule has 27 heavy (non-hydrogen) atoms. The molecule has 0 saturated carbocycles. The van der Waals surface area contributed by atoms with Crippen LogP contribution in [-0.2, 0) is 14.8 Å². The molecule has 0 unspecified atom stereocenters. The van der Waals surface area contributed by atoms with Crippen LogP contribution in [0.1, 0.15) is 12.5 Å². The van der Waals surface area contributed by atoms with Crippen LogP contribution in [0.15, 0.2) is 42.5 Å². The summed E-state index contributed by atoms with van der Waals surface area (Å²) in [7, 11) is -0.811. The molecule has 0 radical (unpaired) electrons. The van der Waals surface area contributed by atoms with Gasteiger partial charge < -0.3 is 14.8 Å². The Balaban J connectivity index is 2.43. The first kappa shape index (κ1) is 20.6. The van der Waals surface area contributed by atoms with Gasteiger partial charge in [0.05, 0.1) is 31.9 Å². The van der Waals surface area contributed by atoms with Crippen LogP contribution >= 0.6 is 0 Å². The summed E-state index contributed by atoms with van der Waals surface area (Å²) in [5.41, 5.74) is 1.61. The maximum absolute atomic E-state index is 12.8. The van der Waals surface area contributed by atoms with E-state index in [0.717, 1.165) is 16.1 Å². The molecular weight excluding hydrogens is 368 g/mol. The largest absolute Gasteiger partial charge is 0.495 e. The van der Waals surface area contributed by atoms with Crippen molar-refractivity contribution in [1.82, 2.24) is 0 Å². The van der Waals surface area contributed by atoms with Crippen LogP contribution in [0.3, 0.4) is 0 Å². The second-order valence-corrected chi connectivity index (χ2v) is 7.96. The highest BCUT2D eigenvalue weighted by Crippen LogP contribution is 2.33. The van der Waals surface area contributed by atoms with E-state index in [1.807, 2.05) is 13.0 Å². The summed E-state index contributed by atoms with van der Waals surface area (Å²) in [6, 6.07) is 11.1. The Bertz CT molecular complexity index is 927. The summed E-state index contributed by atoms with van der Waals surface area (Å²) in [5, 5.41) is 2.72. The SMILES string of the molecule is COc1ccccc1NC(=O)[C@@H](C)N(c1cc(C)ccc1OC)S(C)(=O)=O. The molecule has 2 rings (SSSR count). The van der Waals surface area contributed by atoms with Gasteiger partial charge in [0.15, 0.2) is 0 Å². The molecule has 1 amide bonds. The fraction of sp³-hybridized carbons (Fsp3) is 0.316. The number of ether oxygens (including phenoxy) is 2. The quantitative estimate of drug-likeness (QED) is 0.783. The molecule has 0 bridgehead atoms. The third-order valence-corrected chi connectivity index (χ3v) is 5.25. The van der Waals surface area contributed by atoms with E-state index in [2.05, 4.69) is 5.32 Å². The first-order valence-corrected chi connectivity index (χ1v) is 10.1. The highest BCUT2D eigenvalue weighted by atomic mass is 32.2. The monoisotopic (exact) mass is 392 g/mol. The predicted molar refractivity (Wildman–Crippen MR) is 106 cm³/mol. The Morgan fingerprint density at radius 3 is 2.30 bits per heavy atom. The Morgan fingerprint density at radius 2 is 1.70 bits per heavy atom. The van der Waals surface area contributed by atoms with Crippen molar-refractivity contribution in [2.24, 2.45) is 0 Å². The highest BCUT2D eigenvalue weighted by Gasteiger charge is 2.31. The topological polar surface area (TPSA) is 84.9 Å². The second kappa shape index (κ2) is 8.30. The van der Waals surface area contributed by atoms with Crippen molar-refractivity contribution in [3.8, 4) is 11.5 Å². The van der Waals surface area contributed by atoms with Crippen molar-refractivity contribution in [3.05, 3.63) is 48.0 Å². The first-order valence-electron chi connectivity index (χ1n) is 8.27. The zero-order valence-electron chi connectivity index (χ0n) is 16.0. The number of methoxy groups -OCH3 is 2. The second-order valence-electron chi connectivity index (χ2n) is 6.10. The number of nitrogens with one attached hydrogen (secondary N) is 1. The molecular formula is C19H24N2O5S. The molecule has 2 aromatic rings. The van der Waals surface area contributed by atoms with Crippen molar-refractivity contribution < 1.29 is 22.7 Å². The lowest BCUT2D eigenvalue weighted by molar-refractivity contribution is -0.116. The number of carbonyl (C=O) groups excluding carboxylic acids is 1. The predicted octanol–water partition coefficient (Wildman–Crippen LogP) is 2.81. The number of rotatable bonds is 7. The fourth-order valence-electron chi connectivity index (χ4n) is 2.74. The molecule has 0 aliphatic heterocycles. The van der Waals surface area contributed by atoms with E-state index in [4.69, 9.17) is 9.47 Å². The van der Waals surface area contributed by atoms with E-state index in [-0.39, 0.29) is 0 Å². The molecule has 2 aromatic carbocycles. The number of hydrogen-bond acceptors (Lipinski definition) is 5. The molecule has 0 aromatic heterocycles. The number of benzene rings is 2. The van der Waals surface area contributed by atoms with E-state index in [1.54, 1.807) is 36.4 Å². The van der Waals surface area contributed by atoms with Crippen LogP contribution in [-0.4, -0.2) is 40.8 Å². The molecule has 0 saturated heterocycles.